The molecule has 0 N–H and O–H groups in total. The molecule has 6 heteroatoms. The average Bonchev–Trinajstić information content (AvgIpc) is 3.19. The van der Waals surface area contributed by atoms with E-state index >= 15 is 0 Å². The van der Waals surface area contributed by atoms with Crippen LogP contribution in [0.4, 0.5) is 0 Å². The number of nitrogens with zero attached hydrogens (tertiary/aromatic N) is 4. The summed E-state index contributed by atoms with van der Waals surface area (Å²) in [4.78, 5) is 35.8. The molecule has 3 fully saturated rings. The van der Waals surface area contributed by atoms with E-state index in [4.69, 9.17) is 0 Å². The lowest BCUT2D eigenvalue weighted by Crippen LogP contribution is -2.55. The number of piperidine rings is 2. The van der Waals surface area contributed by atoms with Crippen molar-refractivity contribution < 1.29 is 9.59 Å². The predicted octanol–water partition coefficient (Wildman–Crippen LogP) is 1.91. The molecule has 4 rings (SSSR count). The van der Waals surface area contributed by atoms with Gasteiger partial charge in [-0.1, -0.05) is 6.07 Å². The highest BCUT2D eigenvalue weighted by Crippen LogP contribution is 2.39. The van der Waals surface area contributed by atoms with E-state index in [1.807, 2.05) is 23.2 Å². The number of hydrogen-bond acceptors (Lipinski definition) is 4. The zero-order valence-electron chi connectivity index (χ0n) is 16.1. The van der Waals surface area contributed by atoms with Crippen LogP contribution >= 0.6 is 0 Å². The molecule has 1 atom stereocenters. The Bertz CT molecular complexity index is 674. The molecule has 0 aromatic carbocycles. The zero-order valence-corrected chi connectivity index (χ0v) is 16.1. The summed E-state index contributed by atoms with van der Waals surface area (Å²) in [5, 5.41) is 0. The molecule has 0 unspecified atom stereocenters. The molecule has 3 aliphatic heterocycles. The largest absolute Gasteiger partial charge is 0.341 e. The minimum atomic E-state index is 0.0645. The minimum Gasteiger partial charge on any atom is -0.341 e. The number of carbonyl (C=O) groups excluding carboxylic acids is 2. The van der Waals surface area contributed by atoms with E-state index in [-0.39, 0.29) is 17.2 Å². The second-order valence-corrected chi connectivity index (χ2v) is 8.51. The van der Waals surface area contributed by atoms with Crippen molar-refractivity contribution in [3.05, 3.63) is 30.1 Å². The lowest BCUT2D eigenvalue weighted by molar-refractivity contribution is -0.144. The molecule has 2 amide bonds. The molecule has 0 aliphatic carbocycles. The smallest absolute Gasteiger partial charge is 0.236 e. The lowest BCUT2D eigenvalue weighted by Gasteiger charge is -2.48. The monoisotopic (exact) mass is 370 g/mol. The van der Waals surface area contributed by atoms with E-state index in [1.54, 1.807) is 6.20 Å². The van der Waals surface area contributed by atoms with Crippen molar-refractivity contribution in [1.82, 2.24) is 19.7 Å². The summed E-state index contributed by atoms with van der Waals surface area (Å²) in [7, 11) is 0. The van der Waals surface area contributed by atoms with E-state index in [0.717, 1.165) is 57.5 Å². The van der Waals surface area contributed by atoms with Gasteiger partial charge in [0.25, 0.3) is 0 Å². The Labute approximate surface area is 161 Å². The summed E-state index contributed by atoms with van der Waals surface area (Å²) in [6.45, 7) is 5.72. The fourth-order valence-corrected chi connectivity index (χ4v) is 4.94. The quantitative estimate of drug-likeness (QED) is 0.812. The molecule has 1 spiro atoms. The third-order valence-electron chi connectivity index (χ3n) is 6.42. The van der Waals surface area contributed by atoms with Gasteiger partial charge in [0, 0.05) is 50.4 Å². The van der Waals surface area contributed by atoms with Crippen molar-refractivity contribution in [3.8, 4) is 0 Å². The Balaban J connectivity index is 1.40. The highest BCUT2D eigenvalue weighted by atomic mass is 16.2. The van der Waals surface area contributed by atoms with Gasteiger partial charge < -0.3 is 9.80 Å². The number of pyridine rings is 1. The summed E-state index contributed by atoms with van der Waals surface area (Å²) < 4.78 is 0. The second kappa shape index (κ2) is 7.97. The topological polar surface area (TPSA) is 56.8 Å². The lowest BCUT2D eigenvalue weighted by atomic mass is 9.73. The first kappa shape index (κ1) is 18.4. The van der Waals surface area contributed by atoms with Crippen LogP contribution in [-0.2, 0) is 16.1 Å². The molecule has 0 radical (unpaired) electrons. The number of aromatic nitrogens is 1. The van der Waals surface area contributed by atoms with Gasteiger partial charge >= 0.3 is 0 Å². The Morgan fingerprint density at radius 1 is 1.11 bits per heavy atom. The van der Waals surface area contributed by atoms with Gasteiger partial charge in [-0.05, 0) is 56.8 Å². The van der Waals surface area contributed by atoms with Crippen molar-refractivity contribution in [2.75, 3.05) is 39.3 Å². The summed E-state index contributed by atoms with van der Waals surface area (Å²) in [6, 6.07) is 3.94. The molecule has 27 heavy (non-hydrogen) atoms. The number of hydrogen-bond donors (Lipinski definition) is 0. The third kappa shape index (κ3) is 4.32. The average molecular weight is 370 g/mol. The molecular weight excluding hydrogens is 340 g/mol. The van der Waals surface area contributed by atoms with E-state index in [9.17, 15) is 9.59 Å². The second-order valence-electron chi connectivity index (χ2n) is 8.51. The Hall–Kier alpha value is -1.95. The van der Waals surface area contributed by atoms with Gasteiger partial charge in [-0.2, -0.15) is 0 Å². The first-order valence-electron chi connectivity index (χ1n) is 10.3. The van der Waals surface area contributed by atoms with Crippen LogP contribution in [0, 0.1) is 5.41 Å². The van der Waals surface area contributed by atoms with E-state index < -0.39 is 0 Å². The van der Waals surface area contributed by atoms with Gasteiger partial charge in [0.05, 0.1) is 6.54 Å². The molecule has 0 bridgehead atoms. The maximum Gasteiger partial charge on any atom is 0.236 e. The fraction of sp³-hybridized carbons (Fsp3) is 0.667. The zero-order chi connectivity index (χ0) is 18.7. The van der Waals surface area contributed by atoms with Crippen molar-refractivity contribution in [2.45, 2.75) is 45.1 Å². The van der Waals surface area contributed by atoms with Crippen LogP contribution < -0.4 is 0 Å². The number of carbonyl (C=O) groups is 2. The van der Waals surface area contributed by atoms with Crippen LogP contribution in [0.2, 0.25) is 0 Å². The van der Waals surface area contributed by atoms with Crippen molar-refractivity contribution in [3.63, 3.8) is 0 Å². The summed E-state index contributed by atoms with van der Waals surface area (Å²) in [6.07, 6.45) is 9.66. The Morgan fingerprint density at radius 2 is 1.96 bits per heavy atom. The van der Waals surface area contributed by atoms with Gasteiger partial charge in [0.15, 0.2) is 0 Å². The van der Waals surface area contributed by atoms with Crippen molar-refractivity contribution in [1.29, 1.82) is 0 Å². The van der Waals surface area contributed by atoms with Gasteiger partial charge in [-0.15, -0.1) is 0 Å². The normalized spacial score (nSPS) is 26.7. The molecular formula is C21H30N4O2. The first-order chi connectivity index (χ1) is 13.1. The fourth-order valence-electron chi connectivity index (χ4n) is 4.94. The summed E-state index contributed by atoms with van der Waals surface area (Å²) in [5.74, 6) is 0.497. The van der Waals surface area contributed by atoms with Crippen LogP contribution in [-0.4, -0.2) is 70.8 Å². The van der Waals surface area contributed by atoms with Crippen LogP contribution in [0.25, 0.3) is 0 Å². The van der Waals surface area contributed by atoms with Crippen LogP contribution in [0.5, 0.6) is 0 Å². The molecule has 3 saturated heterocycles. The number of rotatable bonds is 4. The molecule has 0 saturated carbocycles. The number of likely N-dealkylation sites (tertiary alicyclic amines) is 3. The molecule has 1 aromatic rings. The minimum absolute atomic E-state index is 0.0645. The van der Waals surface area contributed by atoms with Crippen molar-refractivity contribution in [2.24, 2.45) is 5.41 Å². The molecule has 146 valence electrons. The van der Waals surface area contributed by atoms with Gasteiger partial charge in [0.2, 0.25) is 11.8 Å². The van der Waals surface area contributed by atoms with Crippen LogP contribution in [0.15, 0.2) is 24.5 Å². The van der Waals surface area contributed by atoms with Gasteiger partial charge in [0.1, 0.15) is 0 Å². The molecule has 4 heterocycles. The summed E-state index contributed by atoms with van der Waals surface area (Å²) in [5.41, 5.74) is 1.13. The number of amides is 2. The van der Waals surface area contributed by atoms with E-state index in [2.05, 4.69) is 14.8 Å². The highest BCUT2D eigenvalue weighted by molar-refractivity contribution is 5.79. The Kier molecular flexibility index (Phi) is 5.43. The van der Waals surface area contributed by atoms with Crippen LogP contribution in [0.1, 0.15) is 44.1 Å². The van der Waals surface area contributed by atoms with E-state index in [1.165, 1.54) is 12.8 Å². The van der Waals surface area contributed by atoms with Crippen molar-refractivity contribution >= 4 is 11.8 Å². The maximum absolute atomic E-state index is 12.8. The van der Waals surface area contributed by atoms with Crippen LogP contribution in [0.3, 0.4) is 0 Å². The molecule has 3 aliphatic rings. The van der Waals surface area contributed by atoms with Gasteiger partial charge in [-0.25, -0.2) is 0 Å². The maximum atomic E-state index is 12.8. The van der Waals surface area contributed by atoms with E-state index in [0.29, 0.717) is 19.5 Å². The molecule has 1 aromatic heterocycles. The third-order valence-corrected chi connectivity index (χ3v) is 6.42. The molecule has 6 nitrogen and oxygen atoms in total. The predicted molar refractivity (Wildman–Crippen MR) is 103 cm³/mol. The first-order valence-corrected chi connectivity index (χ1v) is 10.3. The standard InChI is InChI=1S/C21H30N4O2/c26-19-6-8-21(17-25(19)14-18-5-3-9-22-13-18)7-4-12-24(16-21)20(27)15-23-10-1-2-11-23/h3,5,9,13H,1-2,4,6-8,10-12,14-17H2/t21-/m1/s1. The highest BCUT2D eigenvalue weighted by Gasteiger charge is 2.42. The summed E-state index contributed by atoms with van der Waals surface area (Å²) >= 11 is 0. The Morgan fingerprint density at radius 3 is 2.74 bits per heavy atom. The van der Waals surface area contributed by atoms with Gasteiger partial charge in [-0.3, -0.25) is 19.5 Å². The SMILES string of the molecule is O=C(CN1CCCC1)N1CCC[C@@]2(CCC(=O)N(Cc3cccnc3)C2)C1.